The van der Waals surface area contributed by atoms with Gasteiger partial charge in [0.2, 0.25) is 16.0 Å². The predicted octanol–water partition coefficient (Wildman–Crippen LogP) is 3.99. The van der Waals surface area contributed by atoms with Gasteiger partial charge >= 0.3 is 6.18 Å². The molecule has 11 nitrogen and oxygen atoms in total. The summed E-state index contributed by atoms with van der Waals surface area (Å²) in [6.07, 6.45) is 1.20. The number of rotatable bonds is 9. The number of alkyl halides is 3. The molecule has 238 valence electrons. The molecular weight excluding hydrogens is 587 g/mol. The van der Waals surface area contributed by atoms with Crippen molar-refractivity contribution in [2.45, 2.75) is 69.8 Å². The van der Waals surface area contributed by atoms with Crippen molar-refractivity contribution in [3.63, 3.8) is 0 Å². The Labute approximate surface area is 250 Å². The molecule has 2 aliphatic rings. The summed E-state index contributed by atoms with van der Waals surface area (Å²) in [5.74, 6) is -0.510. The second kappa shape index (κ2) is 13.2. The van der Waals surface area contributed by atoms with Gasteiger partial charge in [0.05, 0.1) is 19.1 Å². The smallest absolute Gasteiger partial charge is 0.421 e. The molecule has 43 heavy (non-hydrogen) atoms. The van der Waals surface area contributed by atoms with Crippen molar-refractivity contribution in [2.75, 3.05) is 51.2 Å². The average Bonchev–Trinajstić information content (AvgIpc) is 2.93. The first kappa shape index (κ1) is 32.7. The topological polar surface area (TPSA) is 129 Å². The zero-order valence-electron chi connectivity index (χ0n) is 25.1. The van der Waals surface area contributed by atoms with Crippen LogP contribution in [0, 0.1) is 6.92 Å². The number of anilines is 3. The number of likely N-dealkylation sites (tertiary alicyclic amines) is 1. The SMILES string of the molecule is COc1cc(C(=O)NC2CCN(C)CC2)c(C)cc1Nc1ncc(C(F)(F)F)c(N[C@@H]2CCCC[C@H]2N(C)S(C)(=O)=O)n1. The number of carbonyl (C=O) groups is 1. The van der Waals surface area contributed by atoms with Crippen LogP contribution in [0.3, 0.4) is 0 Å². The lowest BCUT2D eigenvalue weighted by molar-refractivity contribution is -0.137. The maximum absolute atomic E-state index is 14.0. The van der Waals surface area contributed by atoms with Crippen LogP contribution in [0.4, 0.5) is 30.6 Å². The Morgan fingerprint density at radius 2 is 1.81 bits per heavy atom. The van der Waals surface area contributed by atoms with Gasteiger partial charge in [0.1, 0.15) is 17.1 Å². The Morgan fingerprint density at radius 3 is 2.44 bits per heavy atom. The van der Waals surface area contributed by atoms with Gasteiger partial charge in [-0.05, 0) is 70.4 Å². The molecule has 1 amide bonds. The van der Waals surface area contributed by atoms with Crippen molar-refractivity contribution < 1.29 is 31.1 Å². The van der Waals surface area contributed by atoms with Crippen LogP contribution in [0.2, 0.25) is 0 Å². The average molecular weight is 628 g/mol. The summed E-state index contributed by atoms with van der Waals surface area (Å²) < 4.78 is 73.1. The molecule has 2 heterocycles. The number of hydrogen-bond acceptors (Lipinski definition) is 9. The van der Waals surface area contributed by atoms with E-state index in [-0.39, 0.29) is 17.9 Å². The maximum Gasteiger partial charge on any atom is 0.421 e. The Balaban J connectivity index is 1.59. The standard InChI is InChI=1S/C28H40F3N7O4S/c1-17-14-22(24(42-4)15-19(17)26(39)33-18-10-12-37(2)13-11-18)35-27-32-16-20(28(29,30)31)25(36-27)34-21-8-6-7-9-23(21)38(3)43(5,40)41/h14-16,18,21,23H,6-13H2,1-5H3,(H,33,39)(H2,32,34,35,36)/t21-,23-/m1/s1. The number of carbonyl (C=O) groups excluding carboxylic acids is 1. The molecule has 1 aromatic carbocycles. The normalized spacial score (nSPS) is 20.6. The lowest BCUT2D eigenvalue weighted by atomic mass is 9.90. The number of ether oxygens (including phenoxy) is 1. The van der Waals surface area contributed by atoms with Crippen LogP contribution in [0.5, 0.6) is 5.75 Å². The first-order valence-electron chi connectivity index (χ1n) is 14.3. The minimum Gasteiger partial charge on any atom is -0.495 e. The summed E-state index contributed by atoms with van der Waals surface area (Å²) in [4.78, 5) is 23.4. The number of nitrogens with zero attached hydrogens (tertiary/aromatic N) is 4. The number of amides is 1. The number of benzene rings is 1. The molecule has 1 aromatic heterocycles. The van der Waals surface area contributed by atoms with Gasteiger partial charge < -0.3 is 25.6 Å². The fraction of sp³-hybridized carbons (Fsp3) is 0.607. The quantitative estimate of drug-likeness (QED) is 0.378. The van der Waals surface area contributed by atoms with E-state index in [4.69, 9.17) is 4.74 Å². The van der Waals surface area contributed by atoms with E-state index in [1.165, 1.54) is 18.5 Å². The maximum atomic E-state index is 14.0. The minimum absolute atomic E-state index is 0.0688. The Bertz CT molecular complexity index is 1420. The fourth-order valence-electron chi connectivity index (χ4n) is 5.63. The molecule has 2 fully saturated rings. The van der Waals surface area contributed by atoms with E-state index in [1.807, 2.05) is 7.05 Å². The van der Waals surface area contributed by atoms with Gasteiger partial charge in [0.25, 0.3) is 5.91 Å². The number of nitrogens with one attached hydrogen (secondary N) is 3. The van der Waals surface area contributed by atoms with Crippen LogP contribution in [-0.4, -0.2) is 92.2 Å². The highest BCUT2D eigenvalue weighted by Gasteiger charge is 2.38. The van der Waals surface area contributed by atoms with Crippen LogP contribution in [0.25, 0.3) is 0 Å². The van der Waals surface area contributed by atoms with E-state index in [2.05, 4.69) is 30.8 Å². The molecule has 4 rings (SSSR count). The first-order valence-corrected chi connectivity index (χ1v) is 16.1. The van der Waals surface area contributed by atoms with Gasteiger partial charge in [-0.2, -0.15) is 18.2 Å². The summed E-state index contributed by atoms with van der Waals surface area (Å²) in [6.45, 7) is 3.56. The molecule has 0 bridgehead atoms. The molecule has 15 heteroatoms. The minimum atomic E-state index is -4.75. The third kappa shape index (κ3) is 8.06. The van der Waals surface area contributed by atoms with Crippen LogP contribution in [0.1, 0.15) is 60.0 Å². The summed E-state index contributed by atoms with van der Waals surface area (Å²) in [6, 6.07) is 2.19. The summed E-state index contributed by atoms with van der Waals surface area (Å²) in [5.41, 5.74) is 0.366. The summed E-state index contributed by atoms with van der Waals surface area (Å²) in [7, 11) is 1.34. The van der Waals surface area contributed by atoms with E-state index in [9.17, 15) is 26.4 Å². The zero-order chi connectivity index (χ0) is 31.5. The van der Waals surface area contributed by atoms with Gasteiger partial charge in [-0.15, -0.1) is 0 Å². The van der Waals surface area contributed by atoms with Gasteiger partial charge in [-0.1, -0.05) is 12.8 Å². The van der Waals surface area contributed by atoms with Crippen molar-refractivity contribution in [3.8, 4) is 5.75 Å². The number of aromatic nitrogens is 2. The fourth-order valence-corrected chi connectivity index (χ4v) is 6.38. The molecule has 1 saturated carbocycles. The van der Waals surface area contributed by atoms with E-state index in [1.54, 1.807) is 19.1 Å². The third-order valence-corrected chi connectivity index (χ3v) is 9.54. The van der Waals surface area contributed by atoms with E-state index in [0.29, 0.717) is 41.6 Å². The van der Waals surface area contributed by atoms with Crippen molar-refractivity contribution in [3.05, 3.63) is 35.0 Å². The molecule has 0 spiro atoms. The van der Waals surface area contributed by atoms with Crippen LogP contribution in [0.15, 0.2) is 18.3 Å². The number of methoxy groups -OCH3 is 1. The molecule has 3 N–H and O–H groups in total. The zero-order valence-corrected chi connectivity index (χ0v) is 25.9. The van der Waals surface area contributed by atoms with E-state index in [0.717, 1.165) is 45.0 Å². The monoisotopic (exact) mass is 627 g/mol. The number of hydrogen-bond donors (Lipinski definition) is 3. The number of sulfonamides is 1. The highest BCUT2D eigenvalue weighted by atomic mass is 32.2. The van der Waals surface area contributed by atoms with Crippen LogP contribution in [-0.2, 0) is 16.2 Å². The highest BCUT2D eigenvalue weighted by molar-refractivity contribution is 7.88. The molecule has 2 aromatic rings. The second-order valence-electron chi connectivity index (χ2n) is 11.4. The number of halogens is 3. The van der Waals surface area contributed by atoms with E-state index >= 15 is 0 Å². The largest absolute Gasteiger partial charge is 0.495 e. The van der Waals surface area contributed by atoms with Crippen LogP contribution >= 0.6 is 0 Å². The molecule has 0 unspecified atom stereocenters. The molecule has 1 aliphatic heterocycles. The Kier molecular flexibility index (Phi) is 10.1. The number of likely N-dealkylation sites (N-methyl/N-ethyl adjacent to an activating group) is 1. The Morgan fingerprint density at radius 1 is 1.14 bits per heavy atom. The van der Waals surface area contributed by atoms with Crippen molar-refractivity contribution >= 4 is 33.4 Å². The highest BCUT2D eigenvalue weighted by Crippen LogP contribution is 2.37. The second-order valence-corrected chi connectivity index (χ2v) is 13.4. The first-order chi connectivity index (χ1) is 20.2. The number of piperidine rings is 1. The molecule has 1 saturated heterocycles. The van der Waals surface area contributed by atoms with Gasteiger partial charge in [-0.25, -0.2) is 17.7 Å². The number of aryl methyl sites for hydroxylation is 1. The lowest BCUT2D eigenvalue weighted by Gasteiger charge is -2.37. The summed E-state index contributed by atoms with van der Waals surface area (Å²) >= 11 is 0. The van der Waals surface area contributed by atoms with Crippen molar-refractivity contribution in [1.82, 2.24) is 24.5 Å². The van der Waals surface area contributed by atoms with E-state index < -0.39 is 39.7 Å². The lowest BCUT2D eigenvalue weighted by Crippen LogP contribution is -2.49. The van der Waals surface area contributed by atoms with Crippen molar-refractivity contribution in [1.29, 1.82) is 0 Å². The predicted molar refractivity (Wildman–Crippen MR) is 158 cm³/mol. The van der Waals surface area contributed by atoms with Crippen molar-refractivity contribution in [2.24, 2.45) is 0 Å². The molecule has 2 atom stereocenters. The van der Waals surface area contributed by atoms with Gasteiger partial charge in [0, 0.05) is 36.9 Å². The molecular formula is C28H40F3N7O4S. The van der Waals surface area contributed by atoms with Gasteiger partial charge in [0.15, 0.2) is 0 Å². The molecule has 1 aliphatic carbocycles. The van der Waals surface area contributed by atoms with Crippen LogP contribution < -0.4 is 20.7 Å². The Hall–Kier alpha value is -3.17. The van der Waals surface area contributed by atoms with Gasteiger partial charge in [-0.3, -0.25) is 4.79 Å². The molecule has 0 radical (unpaired) electrons. The summed E-state index contributed by atoms with van der Waals surface area (Å²) in [5, 5.41) is 8.90. The third-order valence-electron chi connectivity index (χ3n) is 8.23.